The Morgan fingerprint density at radius 1 is 1.03 bits per heavy atom. The van der Waals surface area contributed by atoms with Gasteiger partial charge in [-0.15, -0.1) is 0 Å². The van der Waals surface area contributed by atoms with Crippen LogP contribution in [0.1, 0.15) is 56.2 Å². The highest BCUT2D eigenvalue weighted by Gasteiger charge is 2.43. The lowest BCUT2D eigenvalue weighted by molar-refractivity contribution is -0.672. The largest absolute Gasteiger partial charge is 0.493 e. The van der Waals surface area contributed by atoms with E-state index in [2.05, 4.69) is 62.5 Å². The van der Waals surface area contributed by atoms with Crippen LogP contribution in [0.25, 0.3) is 0 Å². The Labute approximate surface area is 181 Å². The molecule has 2 aromatic carbocycles. The lowest BCUT2D eigenvalue weighted by Crippen LogP contribution is -2.83. The Morgan fingerprint density at radius 2 is 1.77 bits per heavy atom. The second-order valence-electron chi connectivity index (χ2n) is 8.95. The molecule has 1 aliphatic heterocycles. The summed E-state index contributed by atoms with van der Waals surface area (Å²) in [6, 6.07) is 15.4. The van der Waals surface area contributed by atoms with Crippen LogP contribution in [-0.4, -0.2) is 33.0 Å². The van der Waals surface area contributed by atoms with E-state index in [0.29, 0.717) is 0 Å². The normalized spacial score (nSPS) is 23.9. The molecule has 0 saturated carbocycles. The highest BCUT2D eigenvalue weighted by atomic mass is 16.5. The monoisotopic (exact) mass is 412 g/mol. The van der Waals surface area contributed by atoms with Crippen LogP contribution in [0.3, 0.4) is 0 Å². The van der Waals surface area contributed by atoms with Crippen molar-refractivity contribution in [2.24, 2.45) is 0 Å². The van der Waals surface area contributed by atoms with E-state index in [-0.39, 0.29) is 11.0 Å². The van der Waals surface area contributed by atoms with E-state index in [1.165, 1.54) is 16.7 Å². The molecule has 1 saturated heterocycles. The van der Waals surface area contributed by atoms with Gasteiger partial charge in [0.05, 0.1) is 26.4 Å². The third-order valence-corrected chi connectivity index (χ3v) is 6.81. The molecule has 0 aromatic heterocycles. The Balaban J connectivity index is 1.69. The van der Waals surface area contributed by atoms with Crippen LogP contribution in [0.5, 0.6) is 11.5 Å². The van der Waals surface area contributed by atoms with Gasteiger partial charge in [-0.2, -0.15) is 0 Å². The fourth-order valence-corrected chi connectivity index (χ4v) is 4.74. The second-order valence-corrected chi connectivity index (χ2v) is 8.95. The third-order valence-electron chi connectivity index (χ3n) is 6.81. The molecule has 0 spiro atoms. The van der Waals surface area contributed by atoms with Crippen molar-refractivity contribution < 1.29 is 19.5 Å². The summed E-state index contributed by atoms with van der Waals surface area (Å²) in [5.41, 5.74) is 4.19. The lowest BCUT2D eigenvalue weighted by atomic mass is 9.66. The molecule has 0 unspecified atom stereocenters. The number of rotatable bonds is 9. The Hall–Kier alpha value is -2.04. The Morgan fingerprint density at radius 3 is 2.43 bits per heavy atom. The minimum atomic E-state index is -0.0352. The third kappa shape index (κ3) is 5.16. The van der Waals surface area contributed by atoms with E-state index in [1.54, 1.807) is 14.2 Å². The van der Waals surface area contributed by atoms with Gasteiger partial charge in [-0.3, -0.25) is 0 Å². The SMILES string of the molecule is CC[C@@]1(C)C[C@@](CC[NH2+]Cc2ccc(OC)c(OC)c2)(c2ccc(C)cc2)CCO1. The van der Waals surface area contributed by atoms with Gasteiger partial charge in [0.2, 0.25) is 0 Å². The van der Waals surface area contributed by atoms with Crippen LogP contribution in [0.2, 0.25) is 0 Å². The highest BCUT2D eigenvalue weighted by molar-refractivity contribution is 5.42. The molecule has 3 rings (SSSR count). The summed E-state index contributed by atoms with van der Waals surface area (Å²) in [4.78, 5) is 0. The number of quaternary nitrogens is 1. The molecule has 2 aromatic rings. The number of benzene rings is 2. The molecule has 0 radical (unpaired) electrons. The molecule has 2 atom stereocenters. The Kier molecular flexibility index (Phi) is 7.43. The van der Waals surface area contributed by atoms with E-state index < -0.39 is 0 Å². The summed E-state index contributed by atoms with van der Waals surface area (Å²) in [6.07, 6.45) is 4.39. The average molecular weight is 413 g/mol. The van der Waals surface area contributed by atoms with Gasteiger partial charge in [-0.1, -0.05) is 36.8 Å². The van der Waals surface area contributed by atoms with Crippen LogP contribution in [0.4, 0.5) is 0 Å². The highest BCUT2D eigenvalue weighted by Crippen LogP contribution is 2.45. The summed E-state index contributed by atoms with van der Waals surface area (Å²) in [7, 11) is 3.36. The molecule has 0 amide bonds. The van der Waals surface area contributed by atoms with Crippen molar-refractivity contribution >= 4 is 0 Å². The minimum Gasteiger partial charge on any atom is -0.493 e. The summed E-state index contributed by atoms with van der Waals surface area (Å²) in [6.45, 7) is 9.55. The fraction of sp³-hybridized carbons (Fsp3) is 0.538. The molecular formula is C26H38NO3+. The zero-order chi connectivity index (χ0) is 21.6. The number of ether oxygens (including phenoxy) is 3. The molecule has 4 heteroatoms. The number of methoxy groups -OCH3 is 2. The van der Waals surface area contributed by atoms with E-state index in [4.69, 9.17) is 14.2 Å². The summed E-state index contributed by atoms with van der Waals surface area (Å²) >= 11 is 0. The van der Waals surface area contributed by atoms with Crippen molar-refractivity contribution in [2.75, 3.05) is 27.4 Å². The molecule has 1 aliphatic rings. The first-order valence-electron chi connectivity index (χ1n) is 11.2. The van der Waals surface area contributed by atoms with Gasteiger partial charge < -0.3 is 19.5 Å². The molecular weight excluding hydrogens is 374 g/mol. The number of hydrogen-bond donors (Lipinski definition) is 1. The van der Waals surface area contributed by atoms with Gasteiger partial charge in [-0.05, 0) is 56.9 Å². The van der Waals surface area contributed by atoms with Gasteiger partial charge in [0.1, 0.15) is 6.54 Å². The summed E-state index contributed by atoms with van der Waals surface area (Å²) in [5.74, 6) is 1.57. The van der Waals surface area contributed by atoms with Gasteiger partial charge in [0.25, 0.3) is 0 Å². The first-order valence-corrected chi connectivity index (χ1v) is 11.2. The van der Waals surface area contributed by atoms with Crippen LogP contribution in [0.15, 0.2) is 42.5 Å². The molecule has 0 aliphatic carbocycles. The van der Waals surface area contributed by atoms with E-state index >= 15 is 0 Å². The van der Waals surface area contributed by atoms with Crippen LogP contribution < -0.4 is 14.8 Å². The quantitative estimate of drug-likeness (QED) is 0.622. The first-order chi connectivity index (χ1) is 14.4. The van der Waals surface area contributed by atoms with E-state index in [9.17, 15) is 0 Å². The van der Waals surface area contributed by atoms with Gasteiger partial charge in [-0.25, -0.2) is 0 Å². The maximum atomic E-state index is 6.20. The number of nitrogens with two attached hydrogens (primary N) is 1. The minimum absolute atomic E-state index is 0.0352. The van der Waals surface area contributed by atoms with Crippen LogP contribution in [0, 0.1) is 6.92 Å². The van der Waals surface area contributed by atoms with E-state index in [0.717, 1.165) is 56.9 Å². The van der Waals surface area contributed by atoms with Gasteiger partial charge >= 0.3 is 0 Å². The van der Waals surface area contributed by atoms with Crippen molar-refractivity contribution in [2.45, 2.75) is 64.0 Å². The predicted octanol–water partition coefficient (Wildman–Crippen LogP) is 4.38. The predicted molar refractivity (Wildman–Crippen MR) is 121 cm³/mol. The fourth-order valence-electron chi connectivity index (χ4n) is 4.74. The van der Waals surface area contributed by atoms with E-state index in [1.807, 2.05) is 6.07 Å². The molecule has 2 N–H and O–H groups in total. The molecule has 164 valence electrons. The zero-order valence-corrected chi connectivity index (χ0v) is 19.3. The van der Waals surface area contributed by atoms with Gasteiger partial charge in [0, 0.05) is 24.0 Å². The standard InChI is InChI=1S/C26H37NO3/c1-6-25(3)19-26(14-16-30-25,22-10-7-20(2)8-11-22)13-15-27-18-21-9-12-23(28-4)24(17-21)29-5/h7-12,17,27H,6,13-16,18-19H2,1-5H3/p+1/t25-,26-/m0/s1. The van der Waals surface area contributed by atoms with Crippen molar-refractivity contribution in [3.8, 4) is 11.5 Å². The number of hydrogen-bond acceptors (Lipinski definition) is 3. The molecule has 1 heterocycles. The summed E-state index contributed by atoms with van der Waals surface area (Å²) < 4.78 is 17.0. The maximum absolute atomic E-state index is 6.20. The first kappa shape index (κ1) is 22.6. The molecule has 30 heavy (non-hydrogen) atoms. The second kappa shape index (κ2) is 9.84. The van der Waals surface area contributed by atoms with Crippen molar-refractivity contribution in [1.82, 2.24) is 0 Å². The zero-order valence-electron chi connectivity index (χ0n) is 19.3. The average Bonchev–Trinajstić information content (AvgIpc) is 2.77. The van der Waals surface area contributed by atoms with Crippen molar-refractivity contribution in [1.29, 1.82) is 0 Å². The van der Waals surface area contributed by atoms with Crippen LogP contribution >= 0.6 is 0 Å². The Bertz CT molecular complexity index is 820. The molecule has 1 fully saturated rings. The topological polar surface area (TPSA) is 44.3 Å². The van der Waals surface area contributed by atoms with Crippen molar-refractivity contribution in [3.05, 3.63) is 59.2 Å². The van der Waals surface area contributed by atoms with Crippen LogP contribution in [-0.2, 0) is 16.7 Å². The molecule has 4 nitrogen and oxygen atoms in total. The molecule has 0 bridgehead atoms. The van der Waals surface area contributed by atoms with Crippen molar-refractivity contribution in [3.63, 3.8) is 0 Å². The number of aryl methyl sites for hydroxylation is 1. The smallest absolute Gasteiger partial charge is 0.161 e. The maximum Gasteiger partial charge on any atom is 0.161 e. The lowest BCUT2D eigenvalue weighted by Gasteiger charge is -2.46. The summed E-state index contributed by atoms with van der Waals surface area (Å²) in [5, 5.41) is 2.41. The van der Waals surface area contributed by atoms with Gasteiger partial charge in [0.15, 0.2) is 11.5 Å².